The number of hydrogen-bond donors (Lipinski definition) is 1. The molecule has 8 nitrogen and oxygen atoms in total. The molecule has 1 N–H and O–H groups in total. The number of hydrogen-bond acceptors (Lipinski definition) is 7. The maximum absolute atomic E-state index is 12.9. The number of carbonyl (C=O) groups excluding carboxylic acids is 1. The van der Waals surface area contributed by atoms with E-state index in [0.29, 0.717) is 17.1 Å². The molecule has 2 heterocycles. The lowest BCUT2D eigenvalue weighted by molar-refractivity contribution is 0.102. The molecule has 1 amide bonds. The molecule has 1 aromatic heterocycles. The van der Waals surface area contributed by atoms with Gasteiger partial charge in [-0.1, -0.05) is 18.2 Å². The van der Waals surface area contributed by atoms with E-state index in [1.807, 2.05) is 54.6 Å². The van der Waals surface area contributed by atoms with Crippen LogP contribution in [0.25, 0.3) is 11.1 Å². The first-order chi connectivity index (χ1) is 17.7. The standard InChI is InChI=1S/C28H26N4O4/c1-34-25-6-3-7-26(17-25)36-28-29-18-22(19-30-28)20-4-2-5-21(16-20)27(33)31-23-8-10-24(11-9-23)32-12-14-35-15-13-32/h2-11,16-19H,12-15H2,1H3,(H,31,33). The van der Waals surface area contributed by atoms with Crippen molar-refractivity contribution in [2.45, 2.75) is 0 Å². The van der Waals surface area contributed by atoms with E-state index in [9.17, 15) is 4.79 Å². The minimum Gasteiger partial charge on any atom is -0.497 e. The lowest BCUT2D eigenvalue weighted by atomic mass is 10.1. The summed E-state index contributed by atoms with van der Waals surface area (Å²) in [5, 5.41) is 2.97. The fourth-order valence-corrected chi connectivity index (χ4v) is 3.91. The highest BCUT2D eigenvalue weighted by molar-refractivity contribution is 6.05. The number of nitrogens with one attached hydrogen (secondary N) is 1. The highest BCUT2D eigenvalue weighted by Gasteiger charge is 2.12. The third-order valence-corrected chi connectivity index (χ3v) is 5.84. The Morgan fingerprint density at radius 2 is 1.61 bits per heavy atom. The van der Waals surface area contributed by atoms with E-state index >= 15 is 0 Å². The number of methoxy groups -OCH3 is 1. The molecule has 36 heavy (non-hydrogen) atoms. The number of carbonyl (C=O) groups is 1. The highest BCUT2D eigenvalue weighted by atomic mass is 16.5. The van der Waals surface area contributed by atoms with E-state index in [1.54, 1.807) is 37.7 Å². The molecule has 1 aliphatic rings. The molecule has 8 heteroatoms. The minimum atomic E-state index is -0.185. The van der Waals surface area contributed by atoms with Crippen LogP contribution in [0.1, 0.15) is 10.4 Å². The van der Waals surface area contributed by atoms with Crippen LogP contribution >= 0.6 is 0 Å². The van der Waals surface area contributed by atoms with Gasteiger partial charge in [0.05, 0.1) is 20.3 Å². The van der Waals surface area contributed by atoms with Gasteiger partial charge in [-0.2, -0.15) is 0 Å². The van der Waals surface area contributed by atoms with Crippen molar-refractivity contribution < 1.29 is 19.0 Å². The summed E-state index contributed by atoms with van der Waals surface area (Å²) in [5.41, 5.74) is 4.01. The normalized spacial score (nSPS) is 13.2. The van der Waals surface area contributed by atoms with Gasteiger partial charge in [0.1, 0.15) is 11.5 Å². The zero-order valence-corrected chi connectivity index (χ0v) is 19.9. The summed E-state index contributed by atoms with van der Waals surface area (Å²) in [7, 11) is 1.60. The van der Waals surface area contributed by atoms with Crippen LogP contribution in [0.4, 0.5) is 11.4 Å². The van der Waals surface area contributed by atoms with Crippen LogP contribution in [0.5, 0.6) is 17.5 Å². The fraction of sp³-hybridized carbons (Fsp3) is 0.179. The number of benzene rings is 3. The smallest absolute Gasteiger partial charge is 0.321 e. The minimum absolute atomic E-state index is 0.185. The first kappa shape index (κ1) is 23.3. The van der Waals surface area contributed by atoms with Crippen LogP contribution in [0, 0.1) is 0 Å². The van der Waals surface area contributed by atoms with E-state index in [0.717, 1.165) is 48.8 Å². The predicted molar refractivity (Wildman–Crippen MR) is 138 cm³/mol. The zero-order chi connectivity index (χ0) is 24.7. The third-order valence-electron chi connectivity index (χ3n) is 5.84. The molecule has 182 valence electrons. The summed E-state index contributed by atoms with van der Waals surface area (Å²) in [5.74, 6) is 1.08. The molecule has 0 saturated carbocycles. The van der Waals surface area contributed by atoms with E-state index in [-0.39, 0.29) is 11.9 Å². The van der Waals surface area contributed by atoms with Gasteiger partial charge in [-0.25, -0.2) is 9.97 Å². The number of morpholine rings is 1. The van der Waals surface area contributed by atoms with Gasteiger partial charge in [-0.3, -0.25) is 4.79 Å². The molecule has 4 aromatic rings. The van der Waals surface area contributed by atoms with E-state index in [4.69, 9.17) is 14.2 Å². The van der Waals surface area contributed by atoms with Gasteiger partial charge in [0.15, 0.2) is 0 Å². The maximum Gasteiger partial charge on any atom is 0.321 e. The molecule has 0 atom stereocenters. The Balaban J connectivity index is 1.24. The van der Waals surface area contributed by atoms with Gasteiger partial charge in [0, 0.05) is 54.1 Å². The summed E-state index contributed by atoms with van der Waals surface area (Å²) < 4.78 is 16.3. The van der Waals surface area contributed by atoms with Crippen LogP contribution in [0.2, 0.25) is 0 Å². The van der Waals surface area contributed by atoms with Gasteiger partial charge in [-0.05, 0) is 54.1 Å². The largest absolute Gasteiger partial charge is 0.497 e. The third kappa shape index (κ3) is 5.61. The van der Waals surface area contributed by atoms with Crippen LogP contribution in [-0.2, 0) is 4.74 Å². The number of aromatic nitrogens is 2. The van der Waals surface area contributed by atoms with Crippen LogP contribution in [0.3, 0.4) is 0 Å². The summed E-state index contributed by atoms with van der Waals surface area (Å²) in [6, 6.07) is 22.7. The first-order valence-corrected chi connectivity index (χ1v) is 11.7. The van der Waals surface area contributed by atoms with E-state index in [1.165, 1.54) is 0 Å². The molecule has 1 aliphatic heterocycles. The first-order valence-electron chi connectivity index (χ1n) is 11.7. The van der Waals surface area contributed by atoms with Crippen molar-refractivity contribution in [3.8, 4) is 28.6 Å². The molecule has 0 radical (unpaired) electrons. The van der Waals surface area contributed by atoms with Crippen LogP contribution < -0.4 is 19.7 Å². The molecule has 1 saturated heterocycles. The lowest BCUT2D eigenvalue weighted by Gasteiger charge is -2.28. The molecule has 3 aromatic carbocycles. The van der Waals surface area contributed by atoms with Crippen LogP contribution in [0.15, 0.2) is 85.2 Å². The quantitative estimate of drug-likeness (QED) is 0.395. The Hall–Kier alpha value is -4.43. The van der Waals surface area contributed by atoms with Crippen molar-refractivity contribution >= 4 is 17.3 Å². The number of anilines is 2. The SMILES string of the molecule is COc1cccc(Oc2ncc(-c3cccc(C(=O)Nc4ccc(N5CCOCC5)cc4)c3)cn2)c1. The van der Waals surface area contributed by atoms with Crippen molar-refractivity contribution in [3.05, 3.63) is 90.8 Å². The number of rotatable bonds is 7. The van der Waals surface area contributed by atoms with Gasteiger partial charge < -0.3 is 24.4 Å². The number of ether oxygens (including phenoxy) is 3. The van der Waals surface area contributed by atoms with E-state index in [2.05, 4.69) is 20.2 Å². The lowest BCUT2D eigenvalue weighted by Crippen LogP contribution is -2.36. The summed E-state index contributed by atoms with van der Waals surface area (Å²) in [6.07, 6.45) is 3.34. The number of amides is 1. The van der Waals surface area contributed by atoms with Crippen molar-refractivity contribution in [2.75, 3.05) is 43.6 Å². The Bertz CT molecular complexity index is 1320. The van der Waals surface area contributed by atoms with E-state index < -0.39 is 0 Å². The second kappa shape index (κ2) is 10.9. The van der Waals surface area contributed by atoms with Crippen LogP contribution in [-0.4, -0.2) is 49.3 Å². The molecule has 5 rings (SSSR count). The molecular formula is C28H26N4O4. The van der Waals surface area contributed by atoms with Crippen molar-refractivity contribution in [1.29, 1.82) is 0 Å². The average Bonchev–Trinajstić information content (AvgIpc) is 2.94. The molecule has 0 spiro atoms. The Morgan fingerprint density at radius 1 is 0.889 bits per heavy atom. The summed E-state index contributed by atoms with van der Waals surface area (Å²) >= 11 is 0. The van der Waals surface area contributed by atoms with Gasteiger partial charge in [0.25, 0.3) is 5.91 Å². The molecule has 0 unspecified atom stereocenters. The summed E-state index contributed by atoms with van der Waals surface area (Å²) in [6.45, 7) is 3.21. The van der Waals surface area contributed by atoms with Gasteiger partial charge in [-0.15, -0.1) is 0 Å². The van der Waals surface area contributed by atoms with Crippen molar-refractivity contribution in [3.63, 3.8) is 0 Å². The molecule has 0 aliphatic carbocycles. The monoisotopic (exact) mass is 482 g/mol. The Kier molecular flexibility index (Phi) is 7.05. The topological polar surface area (TPSA) is 85.8 Å². The molecule has 0 bridgehead atoms. The van der Waals surface area contributed by atoms with Gasteiger partial charge >= 0.3 is 6.01 Å². The molecular weight excluding hydrogens is 456 g/mol. The number of nitrogens with zero attached hydrogens (tertiary/aromatic N) is 3. The van der Waals surface area contributed by atoms with Crippen molar-refractivity contribution in [1.82, 2.24) is 9.97 Å². The second-order valence-electron chi connectivity index (χ2n) is 8.22. The maximum atomic E-state index is 12.9. The zero-order valence-electron chi connectivity index (χ0n) is 19.9. The Morgan fingerprint density at radius 3 is 2.36 bits per heavy atom. The van der Waals surface area contributed by atoms with Crippen molar-refractivity contribution in [2.24, 2.45) is 0 Å². The summed E-state index contributed by atoms with van der Waals surface area (Å²) in [4.78, 5) is 23.8. The molecule has 1 fully saturated rings. The fourth-order valence-electron chi connectivity index (χ4n) is 3.91. The average molecular weight is 483 g/mol. The highest BCUT2D eigenvalue weighted by Crippen LogP contribution is 2.25. The predicted octanol–water partition coefficient (Wildman–Crippen LogP) is 5.03. The van der Waals surface area contributed by atoms with Gasteiger partial charge in [0.2, 0.25) is 0 Å². The Labute approximate surface area is 209 Å². The second-order valence-corrected chi connectivity index (χ2v) is 8.22.